The van der Waals surface area contributed by atoms with Gasteiger partial charge in [0.2, 0.25) is 0 Å². The Bertz CT molecular complexity index is 1220. The maximum Gasteiger partial charge on any atom is 0.338 e. The lowest BCUT2D eigenvalue weighted by atomic mass is 10.1. The lowest BCUT2D eigenvalue weighted by molar-refractivity contribution is -0.124. The molecule has 0 bridgehead atoms. The van der Waals surface area contributed by atoms with E-state index in [0.29, 0.717) is 22.1 Å². The van der Waals surface area contributed by atoms with Crippen LogP contribution in [0.3, 0.4) is 0 Å². The largest absolute Gasteiger partial charge is 0.459 e. The lowest BCUT2D eigenvalue weighted by Crippen LogP contribution is -2.28. The van der Waals surface area contributed by atoms with Gasteiger partial charge in [0, 0.05) is 16.8 Å². The van der Waals surface area contributed by atoms with E-state index in [-0.39, 0.29) is 17.0 Å². The van der Waals surface area contributed by atoms with E-state index in [1.807, 2.05) is 12.1 Å². The van der Waals surface area contributed by atoms with Crippen LogP contribution in [-0.4, -0.2) is 33.2 Å². The average Bonchev–Trinajstić information content (AvgIpc) is 3.19. The van der Waals surface area contributed by atoms with Crippen molar-refractivity contribution >= 4 is 33.3 Å². The Labute approximate surface area is 184 Å². The quantitative estimate of drug-likeness (QED) is 0.537. The summed E-state index contributed by atoms with van der Waals surface area (Å²) in [6.07, 6.45) is 1.05. The number of nitrogens with one attached hydrogen (secondary N) is 1. The van der Waals surface area contributed by atoms with E-state index in [1.54, 1.807) is 31.2 Å². The standard InChI is InChI=1S/C22H20ClNO6S/c1-14-3-9-18(31(2,27)28)11-19(14)22(26)29-13-21(25)24-12-17-8-10-20(30-17)15-4-6-16(23)7-5-15/h3-11H,12-13H2,1-2H3,(H,24,25). The first-order valence-corrected chi connectivity index (χ1v) is 11.5. The second-order valence-electron chi connectivity index (χ2n) is 6.87. The number of aryl methyl sites for hydroxylation is 1. The molecule has 0 aliphatic heterocycles. The van der Waals surface area contributed by atoms with Gasteiger partial charge in [0.05, 0.1) is 17.0 Å². The Morgan fingerprint density at radius 3 is 2.45 bits per heavy atom. The van der Waals surface area contributed by atoms with Crippen LogP contribution in [-0.2, 0) is 25.9 Å². The van der Waals surface area contributed by atoms with Crippen molar-refractivity contribution in [3.8, 4) is 11.3 Å². The minimum Gasteiger partial charge on any atom is -0.459 e. The van der Waals surface area contributed by atoms with Gasteiger partial charge in [0.15, 0.2) is 16.4 Å². The highest BCUT2D eigenvalue weighted by Gasteiger charge is 2.17. The zero-order chi connectivity index (χ0) is 22.6. The highest BCUT2D eigenvalue weighted by Crippen LogP contribution is 2.23. The smallest absolute Gasteiger partial charge is 0.338 e. The number of ether oxygens (including phenoxy) is 1. The number of carbonyl (C=O) groups is 2. The van der Waals surface area contributed by atoms with Crippen LogP contribution in [0.1, 0.15) is 21.7 Å². The van der Waals surface area contributed by atoms with E-state index in [2.05, 4.69) is 5.32 Å². The normalized spacial score (nSPS) is 11.2. The molecule has 0 spiro atoms. The molecule has 1 aromatic heterocycles. The minimum absolute atomic E-state index is 0.00353. The third-order valence-corrected chi connectivity index (χ3v) is 5.80. The highest BCUT2D eigenvalue weighted by molar-refractivity contribution is 7.90. The molecular formula is C22H20ClNO6S. The Balaban J connectivity index is 1.54. The topological polar surface area (TPSA) is 103 Å². The first-order chi connectivity index (χ1) is 14.6. The van der Waals surface area contributed by atoms with Gasteiger partial charge in [0.1, 0.15) is 11.5 Å². The Hall–Kier alpha value is -3.10. The summed E-state index contributed by atoms with van der Waals surface area (Å²) < 4.78 is 34.1. The van der Waals surface area contributed by atoms with Crippen molar-refractivity contribution in [1.29, 1.82) is 0 Å². The van der Waals surface area contributed by atoms with Crippen molar-refractivity contribution in [1.82, 2.24) is 5.32 Å². The molecule has 0 radical (unpaired) electrons. The molecule has 2 aromatic carbocycles. The number of halogens is 1. The van der Waals surface area contributed by atoms with Crippen molar-refractivity contribution in [2.75, 3.05) is 12.9 Å². The molecule has 0 unspecified atom stereocenters. The van der Waals surface area contributed by atoms with Crippen LogP contribution in [0.15, 0.2) is 63.9 Å². The summed E-state index contributed by atoms with van der Waals surface area (Å²) in [5, 5.41) is 3.22. The SMILES string of the molecule is Cc1ccc(S(C)(=O)=O)cc1C(=O)OCC(=O)NCc1ccc(-c2ccc(Cl)cc2)o1. The number of hydrogen-bond donors (Lipinski definition) is 1. The second-order valence-corrected chi connectivity index (χ2v) is 9.33. The second kappa shape index (κ2) is 9.36. The van der Waals surface area contributed by atoms with Crippen molar-refractivity contribution in [2.24, 2.45) is 0 Å². The van der Waals surface area contributed by atoms with Crippen LogP contribution < -0.4 is 5.32 Å². The van der Waals surface area contributed by atoms with Crippen molar-refractivity contribution in [3.63, 3.8) is 0 Å². The van der Waals surface area contributed by atoms with E-state index < -0.39 is 28.3 Å². The molecule has 7 nitrogen and oxygen atoms in total. The zero-order valence-corrected chi connectivity index (χ0v) is 18.4. The van der Waals surface area contributed by atoms with Gasteiger partial charge in [-0.25, -0.2) is 13.2 Å². The fraction of sp³-hybridized carbons (Fsp3) is 0.182. The number of esters is 1. The highest BCUT2D eigenvalue weighted by atomic mass is 35.5. The van der Waals surface area contributed by atoms with E-state index in [1.165, 1.54) is 18.2 Å². The molecule has 162 valence electrons. The van der Waals surface area contributed by atoms with Crippen LogP contribution in [0.4, 0.5) is 0 Å². The third-order valence-electron chi connectivity index (χ3n) is 4.44. The summed E-state index contributed by atoms with van der Waals surface area (Å²) >= 11 is 5.88. The number of amides is 1. The van der Waals surface area contributed by atoms with Crippen molar-refractivity contribution in [3.05, 3.63) is 76.5 Å². The predicted molar refractivity (Wildman–Crippen MR) is 116 cm³/mol. The third kappa shape index (κ3) is 5.96. The van der Waals surface area contributed by atoms with Gasteiger partial charge in [-0.3, -0.25) is 4.79 Å². The molecule has 3 rings (SSSR count). The van der Waals surface area contributed by atoms with E-state index in [9.17, 15) is 18.0 Å². The van der Waals surface area contributed by atoms with Gasteiger partial charge < -0.3 is 14.5 Å². The number of rotatable bonds is 7. The monoisotopic (exact) mass is 461 g/mol. The van der Waals surface area contributed by atoms with Crippen LogP contribution in [0.2, 0.25) is 5.02 Å². The Morgan fingerprint density at radius 1 is 1.06 bits per heavy atom. The summed E-state index contributed by atoms with van der Waals surface area (Å²) in [5.74, 6) is -0.134. The number of hydrogen-bond acceptors (Lipinski definition) is 6. The molecule has 0 saturated carbocycles. The first-order valence-electron chi connectivity index (χ1n) is 9.22. The molecule has 1 N–H and O–H groups in total. The van der Waals surface area contributed by atoms with E-state index in [4.69, 9.17) is 20.8 Å². The van der Waals surface area contributed by atoms with Gasteiger partial charge in [-0.2, -0.15) is 0 Å². The van der Waals surface area contributed by atoms with Crippen molar-refractivity contribution < 1.29 is 27.2 Å². The fourth-order valence-electron chi connectivity index (χ4n) is 2.74. The molecule has 31 heavy (non-hydrogen) atoms. The molecule has 0 fully saturated rings. The summed E-state index contributed by atoms with van der Waals surface area (Å²) in [4.78, 5) is 24.3. The first kappa shape index (κ1) is 22.6. The summed E-state index contributed by atoms with van der Waals surface area (Å²) in [5.41, 5.74) is 1.49. The maximum atomic E-state index is 12.3. The summed E-state index contributed by atoms with van der Waals surface area (Å²) in [7, 11) is -3.47. The lowest BCUT2D eigenvalue weighted by Gasteiger charge is -2.09. The summed E-state index contributed by atoms with van der Waals surface area (Å²) in [6.45, 7) is 1.26. The van der Waals surface area contributed by atoms with Gasteiger partial charge in [-0.1, -0.05) is 17.7 Å². The van der Waals surface area contributed by atoms with Gasteiger partial charge >= 0.3 is 5.97 Å². The van der Waals surface area contributed by atoms with Crippen molar-refractivity contribution in [2.45, 2.75) is 18.4 Å². The molecule has 1 amide bonds. The number of furan rings is 1. The average molecular weight is 462 g/mol. The molecule has 0 saturated heterocycles. The van der Waals surface area contributed by atoms with E-state index >= 15 is 0 Å². The summed E-state index contributed by atoms with van der Waals surface area (Å²) in [6, 6.07) is 14.8. The van der Waals surface area contributed by atoms with E-state index in [0.717, 1.165) is 11.8 Å². The Morgan fingerprint density at radius 2 is 1.77 bits per heavy atom. The molecule has 3 aromatic rings. The van der Waals surface area contributed by atoms with Crippen LogP contribution in [0.25, 0.3) is 11.3 Å². The minimum atomic E-state index is -3.47. The number of benzene rings is 2. The van der Waals surface area contributed by atoms with Crippen LogP contribution in [0, 0.1) is 6.92 Å². The molecule has 1 heterocycles. The molecule has 0 atom stereocenters. The predicted octanol–water partition coefficient (Wildman–Crippen LogP) is 3.79. The van der Waals surface area contributed by atoms with Gasteiger partial charge in [-0.05, 0) is 61.0 Å². The van der Waals surface area contributed by atoms with Gasteiger partial charge in [-0.15, -0.1) is 0 Å². The molecule has 0 aliphatic carbocycles. The van der Waals surface area contributed by atoms with Crippen LogP contribution in [0.5, 0.6) is 0 Å². The zero-order valence-electron chi connectivity index (χ0n) is 16.8. The molecule has 0 aliphatic rings. The molecule has 9 heteroatoms. The number of carbonyl (C=O) groups excluding carboxylic acids is 2. The Kier molecular flexibility index (Phi) is 6.82. The number of sulfone groups is 1. The molecular weight excluding hydrogens is 442 g/mol. The van der Waals surface area contributed by atoms with Crippen LogP contribution >= 0.6 is 11.6 Å². The maximum absolute atomic E-state index is 12.3. The van der Waals surface area contributed by atoms with Gasteiger partial charge in [0.25, 0.3) is 5.91 Å². The fourth-order valence-corrected chi connectivity index (χ4v) is 3.51.